The van der Waals surface area contributed by atoms with Gasteiger partial charge in [-0.05, 0) is 38.0 Å². The first kappa shape index (κ1) is 17.2. The summed E-state index contributed by atoms with van der Waals surface area (Å²) in [6, 6.07) is 2.09. The summed E-state index contributed by atoms with van der Waals surface area (Å²) in [5, 5.41) is 3.01. The standard InChI is InChI=1S/C14H19Cl2FN2O/c1-4-5-14(3,18)13(20)19-8(2)9-6-12(17)11(16)7-10(9)15/h6-8H,4-5,18H2,1-3H3,(H,19,20). The maximum atomic E-state index is 13.5. The van der Waals surface area contributed by atoms with Gasteiger partial charge in [0, 0.05) is 5.02 Å². The Labute approximate surface area is 128 Å². The van der Waals surface area contributed by atoms with Crippen LogP contribution < -0.4 is 11.1 Å². The number of carbonyl (C=O) groups is 1. The van der Waals surface area contributed by atoms with Gasteiger partial charge in [0.05, 0.1) is 16.6 Å². The van der Waals surface area contributed by atoms with Crippen molar-refractivity contribution >= 4 is 29.1 Å². The zero-order chi connectivity index (χ0) is 15.5. The van der Waals surface area contributed by atoms with Gasteiger partial charge in [0.15, 0.2) is 0 Å². The molecule has 1 amide bonds. The summed E-state index contributed by atoms with van der Waals surface area (Å²) in [5.74, 6) is -0.866. The smallest absolute Gasteiger partial charge is 0.240 e. The topological polar surface area (TPSA) is 55.1 Å². The SMILES string of the molecule is CCCC(C)(N)C(=O)NC(C)c1cc(F)c(Cl)cc1Cl. The van der Waals surface area contributed by atoms with Crippen LogP contribution in [-0.4, -0.2) is 11.4 Å². The molecule has 20 heavy (non-hydrogen) atoms. The quantitative estimate of drug-likeness (QED) is 0.810. The van der Waals surface area contributed by atoms with Gasteiger partial charge >= 0.3 is 0 Å². The van der Waals surface area contributed by atoms with Gasteiger partial charge in [-0.3, -0.25) is 4.79 Å². The van der Waals surface area contributed by atoms with E-state index >= 15 is 0 Å². The molecule has 0 radical (unpaired) electrons. The Hall–Kier alpha value is -0.840. The summed E-state index contributed by atoms with van der Waals surface area (Å²) in [6.45, 7) is 5.34. The highest BCUT2D eigenvalue weighted by Crippen LogP contribution is 2.28. The summed E-state index contributed by atoms with van der Waals surface area (Å²) < 4.78 is 13.5. The van der Waals surface area contributed by atoms with Crippen molar-refractivity contribution < 1.29 is 9.18 Å². The molecule has 0 saturated heterocycles. The Kier molecular flexibility index (Phi) is 5.80. The third-order valence-electron chi connectivity index (χ3n) is 3.14. The van der Waals surface area contributed by atoms with E-state index in [0.717, 1.165) is 6.42 Å². The van der Waals surface area contributed by atoms with Gasteiger partial charge in [-0.2, -0.15) is 0 Å². The maximum Gasteiger partial charge on any atom is 0.240 e. The highest BCUT2D eigenvalue weighted by Gasteiger charge is 2.28. The van der Waals surface area contributed by atoms with Gasteiger partial charge in [0.2, 0.25) is 5.91 Å². The van der Waals surface area contributed by atoms with Gasteiger partial charge in [-0.1, -0.05) is 36.5 Å². The average Bonchev–Trinajstić information content (AvgIpc) is 2.33. The Morgan fingerprint density at radius 1 is 1.45 bits per heavy atom. The first-order valence-corrected chi connectivity index (χ1v) is 7.19. The van der Waals surface area contributed by atoms with Crippen LogP contribution in [0.4, 0.5) is 4.39 Å². The zero-order valence-electron chi connectivity index (χ0n) is 11.8. The van der Waals surface area contributed by atoms with Crippen LogP contribution >= 0.6 is 23.2 Å². The lowest BCUT2D eigenvalue weighted by molar-refractivity contribution is -0.126. The van der Waals surface area contributed by atoms with E-state index in [0.29, 0.717) is 17.0 Å². The number of nitrogens with two attached hydrogens (primary N) is 1. The van der Waals surface area contributed by atoms with Crippen molar-refractivity contribution in [3.63, 3.8) is 0 Å². The van der Waals surface area contributed by atoms with E-state index in [4.69, 9.17) is 28.9 Å². The highest BCUT2D eigenvalue weighted by atomic mass is 35.5. The predicted octanol–water partition coefficient (Wildman–Crippen LogP) is 3.83. The van der Waals surface area contributed by atoms with Crippen LogP contribution in [0.15, 0.2) is 12.1 Å². The molecule has 0 aliphatic carbocycles. The molecule has 2 unspecified atom stereocenters. The van der Waals surface area contributed by atoms with Crippen molar-refractivity contribution in [2.75, 3.05) is 0 Å². The number of rotatable bonds is 5. The van der Waals surface area contributed by atoms with Gasteiger partial charge in [-0.15, -0.1) is 0 Å². The molecule has 2 atom stereocenters. The van der Waals surface area contributed by atoms with Crippen LogP contribution in [0.3, 0.4) is 0 Å². The normalized spacial score (nSPS) is 15.6. The van der Waals surface area contributed by atoms with E-state index in [2.05, 4.69) is 5.32 Å². The molecule has 0 heterocycles. The number of halogens is 3. The lowest BCUT2D eigenvalue weighted by Crippen LogP contribution is -2.52. The van der Waals surface area contributed by atoms with Crippen LogP contribution in [0.1, 0.15) is 45.2 Å². The van der Waals surface area contributed by atoms with E-state index in [-0.39, 0.29) is 10.9 Å². The van der Waals surface area contributed by atoms with Crippen LogP contribution in [0, 0.1) is 5.82 Å². The molecule has 0 fully saturated rings. The second-order valence-corrected chi connectivity index (χ2v) is 5.96. The van der Waals surface area contributed by atoms with Gasteiger partial charge in [-0.25, -0.2) is 4.39 Å². The molecule has 1 rings (SSSR count). The third-order valence-corrected chi connectivity index (χ3v) is 3.76. The zero-order valence-corrected chi connectivity index (χ0v) is 13.3. The van der Waals surface area contributed by atoms with Crippen molar-refractivity contribution in [1.82, 2.24) is 5.32 Å². The molecule has 0 aromatic heterocycles. The minimum Gasteiger partial charge on any atom is -0.348 e. The highest BCUT2D eigenvalue weighted by molar-refractivity contribution is 6.35. The molecule has 112 valence electrons. The molecular formula is C14H19Cl2FN2O. The molecule has 0 aliphatic heterocycles. The summed E-state index contributed by atoms with van der Waals surface area (Å²) in [4.78, 5) is 12.1. The molecule has 3 nitrogen and oxygen atoms in total. The summed E-state index contributed by atoms with van der Waals surface area (Å²) in [6.07, 6.45) is 1.36. The van der Waals surface area contributed by atoms with E-state index in [9.17, 15) is 9.18 Å². The van der Waals surface area contributed by atoms with Crippen molar-refractivity contribution in [1.29, 1.82) is 0 Å². The number of amides is 1. The molecule has 0 bridgehead atoms. The monoisotopic (exact) mass is 320 g/mol. The maximum absolute atomic E-state index is 13.5. The Morgan fingerprint density at radius 3 is 2.60 bits per heavy atom. The lowest BCUT2D eigenvalue weighted by Gasteiger charge is -2.26. The fourth-order valence-corrected chi connectivity index (χ4v) is 2.49. The lowest BCUT2D eigenvalue weighted by atomic mass is 9.95. The molecule has 0 saturated carbocycles. The molecule has 0 spiro atoms. The first-order chi connectivity index (χ1) is 9.19. The van der Waals surface area contributed by atoms with Crippen LogP contribution in [0.2, 0.25) is 10.0 Å². The molecule has 0 aliphatic rings. The molecule has 3 N–H and O–H groups in total. The van der Waals surface area contributed by atoms with Crippen LogP contribution in [0.5, 0.6) is 0 Å². The van der Waals surface area contributed by atoms with E-state index in [1.54, 1.807) is 13.8 Å². The summed E-state index contributed by atoms with van der Waals surface area (Å²) in [5.41, 5.74) is 5.46. The van der Waals surface area contributed by atoms with Crippen LogP contribution in [-0.2, 0) is 4.79 Å². The fraction of sp³-hybridized carbons (Fsp3) is 0.500. The van der Waals surface area contributed by atoms with Crippen molar-refractivity contribution in [2.24, 2.45) is 5.73 Å². The second kappa shape index (κ2) is 6.74. The number of hydrogen-bond donors (Lipinski definition) is 2. The number of carbonyl (C=O) groups excluding carboxylic acids is 1. The van der Waals surface area contributed by atoms with Gasteiger partial charge < -0.3 is 11.1 Å². The van der Waals surface area contributed by atoms with Crippen molar-refractivity contribution in [2.45, 2.75) is 45.2 Å². The Bertz CT molecular complexity index is 506. The van der Waals surface area contributed by atoms with Gasteiger partial charge in [0.25, 0.3) is 0 Å². The van der Waals surface area contributed by atoms with E-state index < -0.39 is 17.4 Å². The number of hydrogen-bond acceptors (Lipinski definition) is 2. The van der Waals surface area contributed by atoms with Crippen LogP contribution in [0.25, 0.3) is 0 Å². The van der Waals surface area contributed by atoms with E-state index in [1.165, 1.54) is 12.1 Å². The fourth-order valence-electron chi connectivity index (χ4n) is 1.94. The van der Waals surface area contributed by atoms with Crippen molar-refractivity contribution in [3.8, 4) is 0 Å². The Balaban J connectivity index is 2.89. The summed E-state index contributed by atoms with van der Waals surface area (Å²) >= 11 is 11.7. The van der Waals surface area contributed by atoms with E-state index in [1.807, 2.05) is 6.92 Å². The minimum absolute atomic E-state index is 0.0491. The molecule has 1 aromatic rings. The Morgan fingerprint density at radius 2 is 2.05 bits per heavy atom. The molecule has 6 heteroatoms. The molecular weight excluding hydrogens is 302 g/mol. The first-order valence-electron chi connectivity index (χ1n) is 6.43. The number of nitrogens with one attached hydrogen (secondary N) is 1. The second-order valence-electron chi connectivity index (χ2n) is 5.15. The van der Waals surface area contributed by atoms with Gasteiger partial charge in [0.1, 0.15) is 5.82 Å². The molecule has 1 aromatic carbocycles. The van der Waals surface area contributed by atoms with Crippen molar-refractivity contribution in [3.05, 3.63) is 33.6 Å². The average molecular weight is 321 g/mol. The predicted molar refractivity (Wildman–Crippen MR) is 80.5 cm³/mol. The minimum atomic E-state index is -0.958. The number of benzene rings is 1. The summed E-state index contributed by atoms with van der Waals surface area (Å²) in [7, 11) is 0. The third kappa shape index (κ3) is 4.08. The largest absolute Gasteiger partial charge is 0.348 e.